The molecule has 27 heavy (non-hydrogen) atoms. The van der Waals surface area contributed by atoms with Crippen molar-refractivity contribution in [2.75, 3.05) is 5.32 Å². The minimum atomic E-state index is 1.00. The molecule has 0 amide bonds. The van der Waals surface area contributed by atoms with E-state index in [1.807, 2.05) is 24.5 Å². The molecule has 0 atom stereocenters. The molecule has 2 N–H and O–H groups in total. The third kappa shape index (κ3) is 3.09. The van der Waals surface area contributed by atoms with Gasteiger partial charge >= 0.3 is 0 Å². The van der Waals surface area contributed by atoms with Gasteiger partial charge in [-0.05, 0) is 35.4 Å². The number of thiophene rings is 1. The largest absolute Gasteiger partial charge is 0.354 e. The van der Waals surface area contributed by atoms with E-state index in [0.717, 1.165) is 32.0 Å². The second kappa shape index (κ2) is 6.70. The lowest BCUT2D eigenvalue weighted by molar-refractivity contribution is 1.10. The Kier molecular flexibility index (Phi) is 3.92. The quantitative estimate of drug-likeness (QED) is 0.403. The third-order valence-corrected chi connectivity index (χ3v) is 5.59. The van der Waals surface area contributed by atoms with Crippen LogP contribution in [-0.2, 0) is 0 Å². The van der Waals surface area contributed by atoms with Crippen LogP contribution in [0.1, 0.15) is 0 Å². The number of aromatic amines is 1. The van der Waals surface area contributed by atoms with Crippen molar-refractivity contribution in [1.29, 1.82) is 0 Å². The molecule has 3 heterocycles. The van der Waals surface area contributed by atoms with Crippen LogP contribution in [0, 0.1) is 0 Å². The number of hydrogen-bond donors (Lipinski definition) is 2. The predicted molar refractivity (Wildman–Crippen MR) is 112 cm³/mol. The zero-order valence-electron chi connectivity index (χ0n) is 14.4. The molecular formula is C22H16N4S. The van der Waals surface area contributed by atoms with Crippen molar-refractivity contribution in [2.24, 2.45) is 0 Å². The summed E-state index contributed by atoms with van der Waals surface area (Å²) in [7, 11) is 0. The van der Waals surface area contributed by atoms with Gasteiger partial charge in [-0.3, -0.25) is 10.1 Å². The second-order valence-corrected chi connectivity index (χ2v) is 7.33. The van der Waals surface area contributed by atoms with Gasteiger partial charge in [-0.1, -0.05) is 42.5 Å². The Labute approximate surface area is 160 Å². The molecule has 4 nitrogen and oxygen atoms in total. The van der Waals surface area contributed by atoms with E-state index >= 15 is 0 Å². The van der Waals surface area contributed by atoms with Crippen LogP contribution in [0.3, 0.4) is 0 Å². The summed E-state index contributed by atoms with van der Waals surface area (Å²) in [5, 5.41) is 11.7. The Hall–Kier alpha value is -3.44. The maximum Gasteiger partial charge on any atom is 0.0750 e. The number of hydrogen-bond acceptors (Lipinski definition) is 4. The summed E-state index contributed by atoms with van der Waals surface area (Å²) in [4.78, 5) is 5.54. The average molecular weight is 368 g/mol. The fraction of sp³-hybridized carbons (Fsp3) is 0. The van der Waals surface area contributed by atoms with E-state index in [9.17, 15) is 0 Å². The van der Waals surface area contributed by atoms with Crippen LogP contribution in [-0.4, -0.2) is 15.2 Å². The minimum Gasteiger partial charge on any atom is -0.354 e. The Bertz CT molecular complexity index is 1180. The normalized spacial score (nSPS) is 11.0. The van der Waals surface area contributed by atoms with Crippen LogP contribution in [0.15, 0.2) is 85.3 Å². The van der Waals surface area contributed by atoms with Crippen LogP contribution in [0.25, 0.3) is 31.8 Å². The number of H-pyrrole nitrogens is 1. The molecule has 3 aromatic heterocycles. The van der Waals surface area contributed by atoms with Gasteiger partial charge in [-0.25, -0.2) is 0 Å². The van der Waals surface area contributed by atoms with E-state index in [1.54, 1.807) is 17.5 Å². The van der Waals surface area contributed by atoms with Crippen LogP contribution in [0.5, 0.6) is 0 Å². The summed E-state index contributed by atoms with van der Waals surface area (Å²) in [6.07, 6.45) is 5.55. The molecule has 130 valence electrons. The first-order valence-electron chi connectivity index (χ1n) is 8.67. The van der Waals surface area contributed by atoms with Gasteiger partial charge < -0.3 is 5.32 Å². The molecule has 0 radical (unpaired) electrons. The number of fused-ring (bicyclic) bond motifs is 1. The minimum absolute atomic E-state index is 1.00. The van der Waals surface area contributed by atoms with E-state index < -0.39 is 0 Å². The summed E-state index contributed by atoms with van der Waals surface area (Å²) in [6, 6.07) is 23.0. The number of benzene rings is 2. The first-order valence-corrected chi connectivity index (χ1v) is 9.48. The fourth-order valence-corrected chi connectivity index (χ4v) is 4.15. The van der Waals surface area contributed by atoms with Crippen molar-refractivity contribution in [1.82, 2.24) is 15.2 Å². The highest BCUT2D eigenvalue weighted by atomic mass is 32.1. The van der Waals surface area contributed by atoms with Crippen molar-refractivity contribution in [2.45, 2.75) is 0 Å². The van der Waals surface area contributed by atoms with Gasteiger partial charge in [0.1, 0.15) is 0 Å². The molecule has 5 aromatic rings. The third-order valence-electron chi connectivity index (χ3n) is 4.48. The molecule has 0 unspecified atom stereocenters. The smallest absolute Gasteiger partial charge is 0.0750 e. The molecule has 0 aliphatic heterocycles. The maximum absolute atomic E-state index is 4.39. The lowest BCUT2D eigenvalue weighted by Crippen LogP contribution is -1.91. The second-order valence-electron chi connectivity index (χ2n) is 6.25. The van der Waals surface area contributed by atoms with Gasteiger partial charge in [-0.15, -0.1) is 11.3 Å². The van der Waals surface area contributed by atoms with Crippen LogP contribution < -0.4 is 5.32 Å². The summed E-state index contributed by atoms with van der Waals surface area (Å²) >= 11 is 1.71. The van der Waals surface area contributed by atoms with Crippen molar-refractivity contribution in [3.63, 3.8) is 0 Å². The van der Waals surface area contributed by atoms with Crippen LogP contribution >= 0.6 is 11.3 Å². The van der Waals surface area contributed by atoms with Gasteiger partial charge in [-0.2, -0.15) is 5.10 Å². The van der Waals surface area contributed by atoms with Crippen molar-refractivity contribution in [3.05, 3.63) is 85.3 Å². The summed E-state index contributed by atoms with van der Waals surface area (Å²) < 4.78 is 1.14. The molecular weight excluding hydrogens is 352 g/mol. The fourth-order valence-electron chi connectivity index (χ4n) is 3.12. The van der Waals surface area contributed by atoms with Crippen molar-refractivity contribution >= 4 is 32.8 Å². The number of nitrogens with zero attached hydrogens (tertiary/aromatic N) is 2. The highest BCUT2D eigenvalue weighted by Crippen LogP contribution is 2.36. The molecule has 5 heteroatoms. The topological polar surface area (TPSA) is 53.6 Å². The van der Waals surface area contributed by atoms with Gasteiger partial charge in [0.15, 0.2) is 0 Å². The van der Waals surface area contributed by atoms with Gasteiger partial charge in [0, 0.05) is 23.5 Å². The molecule has 0 saturated carbocycles. The molecule has 0 aliphatic carbocycles. The zero-order chi connectivity index (χ0) is 18.1. The number of rotatable bonds is 4. The van der Waals surface area contributed by atoms with E-state index in [0.29, 0.717) is 0 Å². The Morgan fingerprint density at radius 1 is 0.852 bits per heavy atom. The zero-order valence-corrected chi connectivity index (χ0v) is 15.2. The highest BCUT2D eigenvalue weighted by molar-refractivity contribution is 7.22. The van der Waals surface area contributed by atoms with Crippen LogP contribution in [0.2, 0.25) is 0 Å². The molecule has 2 aromatic carbocycles. The summed E-state index contributed by atoms with van der Waals surface area (Å²) in [5.74, 6) is 0. The molecule has 0 saturated heterocycles. The molecule has 0 aliphatic rings. The first kappa shape index (κ1) is 15.8. The molecule has 5 rings (SSSR count). The lowest BCUT2D eigenvalue weighted by Gasteiger charge is -2.08. The number of pyridine rings is 1. The van der Waals surface area contributed by atoms with Gasteiger partial charge in [0.2, 0.25) is 0 Å². The van der Waals surface area contributed by atoms with Crippen LogP contribution in [0.4, 0.5) is 11.4 Å². The Morgan fingerprint density at radius 2 is 1.67 bits per heavy atom. The van der Waals surface area contributed by atoms with Crippen molar-refractivity contribution in [3.8, 4) is 21.7 Å². The average Bonchev–Trinajstić information content (AvgIpc) is 3.39. The summed E-state index contributed by atoms with van der Waals surface area (Å²) in [6.45, 7) is 0. The number of anilines is 2. The van der Waals surface area contributed by atoms with Gasteiger partial charge in [0.25, 0.3) is 0 Å². The highest BCUT2D eigenvalue weighted by Gasteiger charge is 2.09. The maximum atomic E-state index is 4.39. The van der Waals surface area contributed by atoms with E-state index in [2.05, 4.69) is 75.1 Å². The van der Waals surface area contributed by atoms with E-state index in [-0.39, 0.29) is 0 Å². The van der Waals surface area contributed by atoms with Crippen molar-refractivity contribution < 1.29 is 0 Å². The summed E-state index contributed by atoms with van der Waals surface area (Å²) in [5.41, 5.74) is 5.49. The number of aromatic nitrogens is 3. The molecule has 0 spiro atoms. The van der Waals surface area contributed by atoms with E-state index in [4.69, 9.17) is 0 Å². The molecule has 0 fully saturated rings. The Morgan fingerprint density at radius 3 is 2.44 bits per heavy atom. The SMILES string of the molecule is c1ccc(-c2ccc(Nc3cncc4sc(-c5ccn[nH]5)cc34)cc2)cc1. The van der Waals surface area contributed by atoms with Gasteiger partial charge in [0.05, 0.1) is 27.2 Å². The Balaban J connectivity index is 1.46. The first-order chi connectivity index (χ1) is 13.4. The predicted octanol–water partition coefficient (Wildman–Crippen LogP) is 6.10. The van der Waals surface area contributed by atoms with E-state index in [1.165, 1.54) is 11.1 Å². The monoisotopic (exact) mass is 368 g/mol. The number of nitrogens with one attached hydrogen (secondary N) is 2. The standard InChI is InChI=1S/C22H16N4S/c1-2-4-15(5-3-1)16-6-8-17(9-7-16)25-20-13-23-14-22-18(20)12-21(27-22)19-10-11-24-26-19/h1-14,25H,(H,24,26). The lowest BCUT2D eigenvalue weighted by atomic mass is 10.1. The molecule has 0 bridgehead atoms.